The van der Waals surface area contributed by atoms with E-state index < -0.39 is 0 Å². The molecule has 1 aliphatic heterocycles. The van der Waals surface area contributed by atoms with Gasteiger partial charge in [-0.15, -0.1) is 0 Å². The van der Waals surface area contributed by atoms with E-state index in [1.54, 1.807) is 0 Å². The maximum absolute atomic E-state index is 12.4. The number of carbonyl (C=O) groups excluding carboxylic acids is 1. The molecule has 110 valence electrons. The summed E-state index contributed by atoms with van der Waals surface area (Å²) < 4.78 is 0. The molecule has 1 heterocycles. The monoisotopic (exact) mass is 338 g/mol. The van der Waals surface area contributed by atoms with E-state index in [1.165, 1.54) is 5.56 Å². The Morgan fingerprint density at radius 3 is 2.75 bits per heavy atom. The molecule has 1 saturated heterocycles. The van der Waals surface area contributed by atoms with Crippen molar-refractivity contribution in [2.24, 2.45) is 0 Å². The highest BCUT2D eigenvalue weighted by molar-refractivity contribution is 9.09. The minimum absolute atomic E-state index is 0.264. The fourth-order valence-electron chi connectivity index (χ4n) is 2.65. The van der Waals surface area contributed by atoms with Crippen LogP contribution in [0.4, 0.5) is 0 Å². The van der Waals surface area contributed by atoms with Crippen molar-refractivity contribution in [1.82, 2.24) is 9.80 Å². The summed E-state index contributed by atoms with van der Waals surface area (Å²) in [7, 11) is 0. The number of rotatable bonds is 4. The lowest BCUT2D eigenvalue weighted by molar-refractivity contribution is -0.130. The first-order valence-electron chi connectivity index (χ1n) is 7.31. The topological polar surface area (TPSA) is 23.6 Å². The lowest BCUT2D eigenvalue weighted by atomic mass is 10.1. The number of aryl methyl sites for hydroxylation is 1. The molecule has 1 aliphatic rings. The molecule has 0 spiro atoms. The lowest BCUT2D eigenvalue weighted by Crippen LogP contribution is -2.36. The van der Waals surface area contributed by atoms with Gasteiger partial charge in [0.15, 0.2) is 0 Å². The summed E-state index contributed by atoms with van der Waals surface area (Å²) in [5.41, 5.74) is 2.36. The fourth-order valence-corrected chi connectivity index (χ4v) is 3.15. The maximum Gasteiger partial charge on any atom is 0.227 e. The Morgan fingerprint density at radius 1 is 1.20 bits per heavy atom. The van der Waals surface area contributed by atoms with Crippen LogP contribution in [0.15, 0.2) is 24.3 Å². The molecule has 0 unspecified atom stereocenters. The number of benzene rings is 1. The second-order valence-corrected chi connectivity index (χ2v) is 6.16. The van der Waals surface area contributed by atoms with Crippen molar-refractivity contribution in [3.63, 3.8) is 0 Å². The number of hydrogen-bond acceptors (Lipinski definition) is 2. The third-order valence-electron chi connectivity index (χ3n) is 3.94. The van der Waals surface area contributed by atoms with E-state index in [9.17, 15) is 4.79 Å². The third-order valence-corrected chi connectivity index (χ3v) is 4.30. The number of halogens is 1. The fraction of sp³-hybridized carbons (Fsp3) is 0.562. The predicted molar refractivity (Wildman–Crippen MR) is 86.3 cm³/mol. The minimum atomic E-state index is 0.264. The summed E-state index contributed by atoms with van der Waals surface area (Å²) in [5, 5.41) is 1.00. The lowest BCUT2D eigenvalue weighted by Gasteiger charge is -2.22. The minimum Gasteiger partial charge on any atom is -0.341 e. The largest absolute Gasteiger partial charge is 0.341 e. The number of amides is 1. The molecule has 2 rings (SSSR count). The molecule has 0 aromatic heterocycles. The number of hydrogen-bond donors (Lipinski definition) is 0. The highest BCUT2D eigenvalue weighted by Gasteiger charge is 2.19. The quantitative estimate of drug-likeness (QED) is 0.787. The average molecular weight is 339 g/mol. The molecule has 0 aliphatic carbocycles. The van der Waals surface area contributed by atoms with Gasteiger partial charge in [0.25, 0.3) is 0 Å². The van der Waals surface area contributed by atoms with E-state index in [0.717, 1.165) is 50.0 Å². The second-order valence-electron chi connectivity index (χ2n) is 5.37. The molecular formula is C16H23BrN2O. The van der Waals surface area contributed by atoms with Gasteiger partial charge in [0, 0.05) is 31.5 Å². The van der Waals surface area contributed by atoms with Gasteiger partial charge in [-0.05, 0) is 31.0 Å². The number of alkyl halides is 1. The van der Waals surface area contributed by atoms with Gasteiger partial charge >= 0.3 is 0 Å². The Hall–Kier alpha value is -0.870. The van der Waals surface area contributed by atoms with Gasteiger partial charge in [-0.3, -0.25) is 4.79 Å². The Bertz CT molecular complexity index is 450. The molecule has 0 radical (unpaired) electrons. The van der Waals surface area contributed by atoms with Gasteiger partial charge in [0.2, 0.25) is 5.91 Å². The van der Waals surface area contributed by atoms with E-state index in [1.807, 2.05) is 17.0 Å². The van der Waals surface area contributed by atoms with E-state index in [-0.39, 0.29) is 5.91 Å². The standard InChI is InChI=1S/C16H23BrN2O/c1-14-5-2-3-6-15(14)13-16(20)19-9-4-8-18(10-7-17)11-12-19/h2-3,5-6H,4,7-13H2,1H3. The average Bonchev–Trinajstić information content (AvgIpc) is 2.67. The van der Waals surface area contributed by atoms with Gasteiger partial charge in [0.1, 0.15) is 0 Å². The van der Waals surface area contributed by atoms with Crippen LogP contribution in [0.5, 0.6) is 0 Å². The van der Waals surface area contributed by atoms with Crippen LogP contribution in [0.1, 0.15) is 17.5 Å². The molecule has 0 N–H and O–H groups in total. The molecular weight excluding hydrogens is 316 g/mol. The van der Waals surface area contributed by atoms with Crippen molar-refractivity contribution in [2.45, 2.75) is 19.8 Å². The van der Waals surface area contributed by atoms with Crippen molar-refractivity contribution < 1.29 is 4.79 Å². The first-order chi connectivity index (χ1) is 9.70. The number of carbonyl (C=O) groups is 1. The molecule has 0 saturated carbocycles. The van der Waals surface area contributed by atoms with E-state index >= 15 is 0 Å². The summed E-state index contributed by atoms with van der Waals surface area (Å²) >= 11 is 3.48. The van der Waals surface area contributed by atoms with Crippen molar-refractivity contribution >= 4 is 21.8 Å². The van der Waals surface area contributed by atoms with Crippen LogP contribution in [0.3, 0.4) is 0 Å². The summed E-state index contributed by atoms with van der Waals surface area (Å²) in [4.78, 5) is 16.9. The molecule has 1 amide bonds. The van der Waals surface area contributed by atoms with Crippen LogP contribution in [-0.2, 0) is 11.2 Å². The zero-order valence-corrected chi connectivity index (χ0v) is 13.7. The molecule has 3 nitrogen and oxygen atoms in total. The van der Waals surface area contributed by atoms with Gasteiger partial charge < -0.3 is 9.80 Å². The van der Waals surface area contributed by atoms with Crippen molar-refractivity contribution in [3.8, 4) is 0 Å². The molecule has 1 aromatic rings. The maximum atomic E-state index is 12.4. The van der Waals surface area contributed by atoms with Gasteiger partial charge in [-0.25, -0.2) is 0 Å². The van der Waals surface area contributed by atoms with E-state index in [0.29, 0.717) is 6.42 Å². The van der Waals surface area contributed by atoms with E-state index in [4.69, 9.17) is 0 Å². The third kappa shape index (κ3) is 4.32. The summed E-state index contributed by atoms with van der Waals surface area (Å²) in [6, 6.07) is 8.16. The summed E-state index contributed by atoms with van der Waals surface area (Å²) in [5.74, 6) is 0.264. The van der Waals surface area contributed by atoms with E-state index in [2.05, 4.69) is 39.9 Å². The second kappa shape index (κ2) is 7.79. The van der Waals surface area contributed by atoms with Crippen LogP contribution in [0, 0.1) is 6.92 Å². The van der Waals surface area contributed by atoms with Crippen LogP contribution < -0.4 is 0 Å². The normalized spacial score (nSPS) is 17.0. The highest BCUT2D eigenvalue weighted by atomic mass is 79.9. The smallest absolute Gasteiger partial charge is 0.227 e. The van der Waals surface area contributed by atoms with Gasteiger partial charge in [-0.2, -0.15) is 0 Å². The predicted octanol–water partition coefficient (Wildman–Crippen LogP) is 2.47. The molecule has 1 aromatic carbocycles. The number of nitrogens with zero attached hydrogens (tertiary/aromatic N) is 2. The first kappa shape index (κ1) is 15.5. The van der Waals surface area contributed by atoms with Crippen molar-refractivity contribution in [1.29, 1.82) is 0 Å². The van der Waals surface area contributed by atoms with Crippen molar-refractivity contribution in [3.05, 3.63) is 35.4 Å². The van der Waals surface area contributed by atoms with Gasteiger partial charge in [-0.1, -0.05) is 40.2 Å². The SMILES string of the molecule is Cc1ccccc1CC(=O)N1CCCN(CCBr)CC1. The van der Waals surface area contributed by atoms with Crippen LogP contribution in [0.25, 0.3) is 0 Å². The van der Waals surface area contributed by atoms with Crippen molar-refractivity contribution in [2.75, 3.05) is 38.1 Å². The molecule has 0 bridgehead atoms. The first-order valence-corrected chi connectivity index (χ1v) is 8.43. The Morgan fingerprint density at radius 2 is 2.00 bits per heavy atom. The zero-order chi connectivity index (χ0) is 14.4. The zero-order valence-electron chi connectivity index (χ0n) is 12.1. The molecule has 20 heavy (non-hydrogen) atoms. The Labute approximate surface area is 130 Å². The van der Waals surface area contributed by atoms with Crippen LogP contribution in [-0.4, -0.2) is 53.8 Å². The van der Waals surface area contributed by atoms with Crippen LogP contribution in [0.2, 0.25) is 0 Å². The summed E-state index contributed by atoms with van der Waals surface area (Å²) in [6.07, 6.45) is 1.61. The molecule has 0 atom stereocenters. The highest BCUT2D eigenvalue weighted by Crippen LogP contribution is 2.11. The Balaban J connectivity index is 1.91. The Kier molecular flexibility index (Phi) is 6.05. The summed E-state index contributed by atoms with van der Waals surface area (Å²) in [6.45, 7) is 6.98. The van der Waals surface area contributed by atoms with Crippen LogP contribution >= 0.6 is 15.9 Å². The molecule has 4 heteroatoms. The molecule has 1 fully saturated rings. The van der Waals surface area contributed by atoms with Gasteiger partial charge in [0.05, 0.1) is 6.42 Å².